The van der Waals surface area contributed by atoms with Crippen LogP contribution in [0.1, 0.15) is 33.6 Å². The molecular weight excluding hydrogens is 254 g/mol. The Kier molecular flexibility index (Phi) is 3.70. The van der Waals surface area contributed by atoms with Gasteiger partial charge in [-0.3, -0.25) is 4.79 Å². The summed E-state index contributed by atoms with van der Waals surface area (Å²) in [6.45, 7) is 6.27. The summed E-state index contributed by atoms with van der Waals surface area (Å²) in [5.74, 6) is -0.186. The normalized spacial score (nSPS) is 19.9. The summed E-state index contributed by atoms with van der Waals surface area (Å²) < 4.78 is 0. The van der Waals surface area contributed by atoms with E-state index in [9.17, 15) is 9.59 Å². The van der Waals surface area contributed by atoms with Crippen LogP contribution >= 0.6 is 0 Å². The van der Waals surface area contributed by atoms with Gasteiger partial charge in [-0.1, -0.05) is 26.8 Å². The predicted octanol–water partition coefficient (Wildman–Crippen LogP) is 2.52. The smallest absolute Gasteiger partial charge is 0.328 e. The van der Waals surface area contributed by atoms with Crippen LogP contribution in [0, 0.1) is 5.41 Å². The van der Waals surface area contributed by atoms with Gasteiger partial charge in [0.2, 0.25) is 5.91 Å². The lowest BCUT2D eigenvalue weighted by molar-refractivity contribution is -0.119. The summed E-state index contributed by atoms with van der Waals surface area (Å²) in [5.41, 5.74) is 6.81. The number of rotatable bonds is 2. The average molecular weight is 275 g/mol. The number of nitrogens with zero attached hydrogens (tertiary/aromatic N) is 1. The van der Waals surface area contributed by atoms with E-state index in [1.54, 1.807) is 24.3 Å². The molecule has 0 aromatic heterocycles. The summed E-state index contributed by atoms with van der Waals surface area (Å²) in [4.78, 5) is 25.6. The van der Waals surface area contributed by atoms with Crippen molar-refractivity contribution in [2.45, 2.75) is 39.7 Å². The van der Waals surface area contributed by atoms with Gasteiger partial charge < -0.3 is 11.1 Å². The Morgan fingerprint density at radius 1 is 1.35 bits per heavy atom. The first-order valence-corrected chi connectivity index (χ1v) is 6.75. The molecule has 0 radical (unpaired) electrons. The van der Waals surface area contributed by atoms with Crippen molar-refractivity contribution in [1.29, 1.82) is 0 Å². The van der Waals surface area contributed by atoms with Crippen LogP contribution in [-0.2, 0) is 4.79 Å². The molecule has 0 saturated carbocycles. The van der Waals surface area contributed by atoms with Crippen molar-refractivity contribution in [3.63, 3.8) is 0 Å². The van der Waals surface area contributed by atoms with Crippen LogP contribution in [0.15, 0.2) is 24.3 Å². The molecule has 0 bridgehead atoms. The van der Waals surface area contributed by atoms with Crippen LogP contribution < -0.4 is 16.0 Å². The second kappa shape index (κ2) is 5.15. The molecular formula is C15H21N3O2. The Morgan fingerprint density at radius 3 is 2.60 bits per heavy atom. The highest BCUT2D eigenvalue weighted by Gasteiger charge is 2.34. The van der Waals surface area contributed by atoms with Gasteiger partial charge in [0, 0.05) is 18.2 Å². The first kappa shape index (κ1) is 14.4. The van der Waals surface area contributed by atoms with Crippen LogP contribution in [-0.4, -0.2) is 18.0 Å². The molecule has 1 aliphatic heterocycles. The minimum absolute atomic E-state index is 0.0670. The number of hydrogen-bond acceptors (Lipinski definition) is 3. The molecule has 1 saturated heterocycles. The molecule has 1 aromatic carbocycles. The highest BCUT2D eigenvalue weighted by molar-refractivity contribution is 6.16. The summed E-state index contributed by atoms with van der Waals surface area (Å²) >= 11 is 0. The van der Waals surface area contributed by atoms with Gasteiger partial charge in [-0.05, 0) is 30.0 Å². The lowest BCUT2D eigenvalue weighted by Gasteiger charge is -2.34. The lowest BCUT2D eigenvalue weighted by Crippen LogP contribution is -2.55. The van der Waals surface area contributed by atoms with Crippen molar-refractivity contribution >= 4 is 23.3 Å². The molecule has 1 heterocycles. The SMILES string of the molecule is CC(C)(C)CC1CC(=O)N(c2cccc(N)c2)C(=O)N1. The Hall–Kier alpha value is -2.04. The fraction of sp³-hybridized carbons (Fsp3) is 0.467. The summed E-state index contributed by atoms with van der Waals surface area (Å²) in [6.07, 6.45) is 1.09. The van der Waals surface area contributed by atoms with E-state index in [1.165, 1.54) is 0 Å². The van der Waals surface area contributed by atoms with Gasteiger partial charge in [0.1, 0.15) is 0 Å². The molecule has 2 rings (SSSR count). The standard InChI is InChI=1S/C15H21N3O2/c1-15(2,3)9-11-8-13(19)18(14(20)17-11)12-6-4-5-10(16)7-12/h4-7,11H,8-9,16H2,1-3H3,(H,17,20). The van der Waals surface area contributed by atoms with E-state index in [4.69, 9.17) is 5.73 Å². The number of anilines is 2. The van der Waals surface area contributed by atoms with Gasteiger partial charge in [-0.25, -0.2) is 9.69 Å². The molecule has 1 aromatic rings. The third-order valence-electron chi connectivity index (χ3n) is 3.19. The molecule has 0 aliphatic carbocycles. The number of carbonyl (C=O) groups is 2. The molecule has 1 atom stereocenters. The summed E-state index contributed by atoms with van der Waals surface area (Å²) in [6, 6.07) is 6.30. The zero-order valence-corrected chi connectivity index (χ0v) is 12.1. The number of carbonyl (C=O) groups excluding carboxylic acids is 2. The molecule has 108 valence electrons. The van der Waals surface area contributed by atoms with E-state index in [0.717, 1.165) is 11.3 Å². The quantitative estimate of drug-likeness (QED) is 0.814. The molecule has 0 spiro atoms. The molecule has 5 nitrogen and oxygen atoms in total. The topological polar surface area (TPSA) is 75.4 Å². The van der Waals surface area contributed by atoms with Crippen LogP contribution in [0.25, 0.3) is 0 Å². The predicted molar refractivity (Wildman–Crippen MR) is 79.3 cm³/mol. The van der Waals surface area contributed by atoms with Gasteiger partial charge in [0.25, 0.3) is 0 Å². The average Bonchev–Trinajstić information content (AvgIpc) is 2.25. The second-order valence-corrected chi connectivity index (χ2v) is 6.44. The van der Waals surface area contributed by atoms with Crippen LogP contribution in [0.3, 0.4) is 0 Å². The molecule has 3 N–H and O–H groups in total. The maximum absolute atomic E-state index is 12.2. The van der Waals surface area contributed by atoms with Crippen molar-refractivity contribution in [2.24, 2.45) is 5.41 Å². The Morgan fingerprint density at radius 2 is 2.05 bits per heavy atom. The minimum Gasteiger partial charge on any atom is -0.399 e. The maximum Gasteiger partial charge on any atom is 0.328 e. The lowest BCUT2D eigenvalue weighted by atomic mass is 9.86. The Labute approximate surface area is 119 Å². The first-order chi connectivity index (χ1) is 9.26. The summed E-state index contributed by atoms with van der Waals surface area (Å²) in [5, 5.41) is 2.90. The number of nitrogen functional groups attached to an aromatic ring is 1. The largest absolute Gasteiger partial charge is 0.399 e. The van der Waals surface area contributed by atoms with E-state index in [-0.39, 0.29) is 23.4 Å². The number of hydrogen-bond donors (Lipinski definition) is 2. The zero-order chi connectivity index (χ0) is 14.9. The Balaban J connectivity index is 2.16. The van der Waals surface area contributed by atoms with Crippen LogP contribution in [0.5, 0.6) is 0 Å². The first-order valence-electron chi connectivity index (χ1n) is 6.75. The summed E-state index contributed by atoms with van der Waals surface area (Å²) in [7, 11) is 0. The van der Waals surface area contributed by atoms with Crippen molar-refractivity contribution < 1.29 is 9.59 Å². The van der Waals surface area contributed by atoms with Gasteiger partial charge in [0.05, 0.1) is 5.69 Å². The van der Waals surface area contributed by atoms with Gasteiger partial charge >= 0.3 is 6.03 Å². The van der Waals surface area contributed by atoms with E-state index < -0.39 is 0 Å². The van der Waals surface area contributed by atoms with Crippen molar-refractivity contribution in [1.82, 2.24) is 5.32 Å². The van der Waals surface area contributed by atoms with Gasteiger partial charge in [-0.15, -0.1) is 0 Å². The van der Waals surface area contributed by atoms with E-state index in [0.29, 0.717) is 17.8 Å². The zero-order valence-electron chi connectivity index (χ0n) is 12.1. The number of imide groups is 1. The molecule has 1 unspecified atom stereocenters. The van der Waals surface area contributed by atoms with E-state index in [1.807, 2.05) is 0 Å². The van der Waals surface area contributed by atoms with Crippen molar-refractivity contribution in [2.75, 3.05) is 10.6 Å². The number of nitrogens with one attached hydrogen (secondary N) is 1. The van der Waals surface area contributed by atoms with Crippen molar-refractivity contribution in [3.8, 4) is 0 Å². The maximum atomic E-state index is 12.2. The van der Waals surface area contributed by atoms with Crippen LogP contribution in [0.2, 0.25) is 0 Å². The van der Waals surface area contributed by atoms with Crippen molar-refractivity contribution in [3.05, 3.63) is 24.3 Å². The molecule has 5 heteroatoms. The Bertz CT molecular complexity index is 516. The highest BCUT2D eigenvalue weighted by Crippen LogP contribution is 2.27. The number of amides is 3. The second-order valence-electron chi connectivity index (χ2n) is 6.44. The monoisotopic (exact) mass is 275 g/mol. The molecule has 1 fully saturated rings. The van der Waals surface area contributed by atoms with E-state index in [2.05, 4.69) is 26.1 Å². The molecule has 3 amide bonds. The van der Waals surface area contributed by atoms with E-state index >= 15 is 0 Å². The number of urea groups is 1. The molecule has 20 heavy (non-hydrogen) atoms. The number of benzene rings is 1. The fourth-order valence-corrected chi connectivity index (χ4v) is 2.49. The van der Waals surface area contributed by atoms with Gasteiger partial charge in [-0.2, -0.15) is 0 Å². The van der Waals surface area contributed by atoms with Crippen LogP contribution in [0.4, 0.5) is 16.2 Å². The third-order valence-corrected chi connectivity index (χ3v) is 3.19. The minimum atomic E-state index is -0.374. The third kappa shape index (κ3) is 3.29. The number of nitrogens with two attached hydrogens (primary N) is 1. The van der Waals surface area contributed by atoms with Gasteiger partial charge in [0.15, 0.2) is 0 Å². The molecule has 1 aliphatic rings. The highest BCUT2D eigenvalue weighted by atomic mass is 16.2. The fourth-order valence-electron chi connectivity index (χ4n) is 2.49.